The monoisotopic (exact) mass is 422 g/mol. The second kappa shape index (κ2) is 9.69. The highest BCUT2D eigenvalue weighted by Crippen LogP contribution is 2.17. The highest BCUT2D eigenvalue weighted by molar-refractivity contribution is 9.10. The summed E-state index contributed by atoms with van der Waals surface area (Å²) in [5, 5.41) is 4.06. The predicted octanol–water partition coefficient (Wildman–Crippen LogP) is 4.72. The Kier molecular flexibility index (Phi) is 6.77. The van der Waals surface area contributed by atoms with Gasteiger partial charge in [0.2, 0.25) is 5.91 Å². The van der Waals surface area contributed by atoms with Crippen LogP contribution < -0.4 is 10.2 Å². The summed E-state index contributed by atoms with van der Waals surface area (Å²) in [5.41, 5.74) is 5.38. The van der Waals surface area contributed by atoms with Gasteiger partial charge in [-0.1, -0.05) is 70.5 Å². The van der Waals surface area contributed by atoms with Crippen molar-refractivity contribution in [2.75, 3.05) is 0 Å². The van der Waals surface area contributed by atoms with Crippen molar-refractivity contribution in [2.45, 2.75) is 13.0 Å². The molecule has 0 spiro atoms. The van der Waals surface area contributed by atoms with Crippen LogP contribution in [0.25, 0.3) is 0 Å². The molecule has 3 rings (SSSR count). The summed E-state index contributed by atoms with van der Waals surface area (Å²) >= 11 is 3.38. The molecule has 5 heteroatoms. The number of hydrogen-bond donors (Lipinski definition) is 1. The zero-order valence-corrected chi connectivity index (χ0v) is 16.2. The van der Waals surface area contributed by atoms with Gasteiger partial charge < -0.3 is 4.74 Å². The Labute approximate surface area is 167 Å². The van der Waals surface area contributed by atoms with Crippen LogP contribution in [0.15, 0.2) is 88.4 Å². The Bertz CT molecular complexity index is 909. The van der Waals surface area contributed by atoms with Crippen molar-refractivity contribution in [3.63, 3.8) is 0 Å². The number of hydrogen-bond acceptors (Lipinski definition) is 3. The lowest BCUT2D eigenvalue weighted by Crippen LogP contribution is -2.19. The molecule has 0 aliphatic heterocycles. The van der Waals surface area contributed by atoms with E-state index in [2.05, 4.69) is 26.5 Å². The summed E-state index contributed by atoms with van der Waals surface area (Å²) in [6.45, 7) is 0.474. The summed E-state index contributed by atoms with van der Waals surface area (Å²) in [6, 6.07) is 25.2. The second-order valence-electron chi connectivity index (χ2n) is 5.91. The number of carbonyl (C=O) groups is 1. The van der Waals surface area contributed by atoms with Crippen LogP contribution in [-0.2, 0) is 17.8 Å². The van der Waals surface area contributed by atoms with E-state index in [9.17, 15) is 4.79 Å². The molecule has 1 amide bonds. The van der Waals surface area contributed by atoms with E-state index >= 15 is 0 Å². The highest BCUT2D eigenvalue weighted by Gasteiger charge is 2.04. The number of amides is 1. The van der Waals surface area contributed by atoms with Crippen molar-refractivity contribution in [2.24, 2.45) is 5.10 Å². The van der Waals surface area contributed by atoms with E-state index in [4.69, 9.17) is 4.74 Å². The quantitative estimate of drug-likeness (QED) is 0.442. The average molecular weight is 423 g/mol. The molecule has 27 heavy (non-hydrogen) atoms. The SMILES string of the molecule is O=C(Cc1ccc(Br)cc1)N/N=C\c1ccccc1OCc1ccccc1. The van der Waals surface area contributed by atoms with Crippen LogP contribution in [0.3, 0.4) is 0 Å². The molecule has 0 saturated heterocycles. The number of rotatable bonds is 7. The third kappa shape index (κ3) is 6.08. The van der Waals surface area contributed by atoms with E-state index in [1.165, 1.54) is 0 Å². The number of halogens is 1. The van der Waals surface area contributed by atoms with E-state index < -0.39 is 0 Å². The first-order valence-corrected chi connectivity index (χ1v) is 9.32. The first-order chi connectivity index (χ1) is 13.2. The topological polar surface area (TPSA) is 50.7 Å². The standard InChI is InChI=1S/C22H19BrN2O2/c23-20-12-10-17(11-13-20)14-22(26)25-24-15-19-8-4-5-9-21(19)27-16-18-6-2-1-3-7-18/h1-13,15H,14,16H2,(H,25,26)/b24-15-. The molecule has 4 nitrogen and oxygen atoms in total. The van der Waals surface area contributed by atoms with Gasteiger partial charge in [-0.3, -0.25) is 4.79 Å². The van der Waals surface area contributed by atoms with Crippen LogP contribution in [0.5, 0.6) is 5.75 Å². The van der Waals surface area contributed by atoms with E-state index in [1.807, 2.05) is 78.9 Å². The first kappa shape index (κ1) is 18.9. The Balaban J connectivity index is 1.56. The molecule has 0 radical (unpaired) electrons. The molecule has 0 aliphatic carbocycles. The molecule has 0 unspecified atom stereocenters. The second-order valence-corrected chi connectivity index (χ2v) is 6.82. The van der Waals surface area contributed by atoms with E-state index in [-0.39, 0.29) is 12.3 Å². The van der Waals surface area contributed by atoms with Gasteiger partial charge in [0.25, 0.3) is 0 Å². The lowest BCUT2D eigenvalue weighted by Gasteiger charge is -2.09. The molecule has 0 atom stereocenters. The van der Waals surface area contributed by atoms with Crippen molar-refractivity contribution in [3.05, 3.63) is 100 Å². The largest absolute Gasteiger partial charge is 0.488 e. The fourth-order valence-electron chi connectivity index (χ4n) is 2.45. The molecule has 0 aliphatic rings. The Morgan fingerprint density at radius 2 is 1.63 bits per heavy atom. The van der Waals surface area contributed by atoms with Crippen LogP contribution in [0.4, 0.5) is 0 Å². The van der Waals surface area contributed by atoms with Gasteiger partial charge in [-0.2, -0.15) is 5.10 Å². The third-order valence-corrected chi connectivity index (χ3v) is 4.36. The van der Waals surface area contributed by atoms with Gasteiger partial charge >= 0.3 is 0 Å². The van der Waals surface area contributed by atoms with E-state index in [1.54, 1.807) is 6.21 Å². The van der Waals surface area contributed by atoms with Crippen LogP contribution in [-0.4, -0.2) is 12.1 Å². The number of ether oxygens (including phenoxy) is 1. The first-order valence-electron chi connectivity index (χ1n) is 8.53. The molecule has 0 saturated carbocycles. The lowest BCUT2D eigenvalue weighted by molar-refractivity contribution is -0.120. The van der Waals surface area contributed by atoms with Gasteiger partial charge in [-0.25, -0.2) is 5.43 Å². The normalized spacial score (nSPS) is 10.7. The number of carbonyl (C=O) groups excluding carboxylic acids is 1. The minimum atomic E-state index is -0.170. The zero-order valence-electron chi connectivity index (χ0n) is 14.6. The van der Waals surface area contributed by atoms with Crippen LogP contribution in [0.2, 0.25) is 0 Å². The summed E-state index contributed by atoms with van der Waals surface area (Å²) < 4.78 is 6.86. The maximum Gasteiger partial charge on any atom is 0.244 e. The maximum absolute atomic E-state index is 12.0. The van der Waals surface area contributed by atoms with Crippen molar-refractivity contribution in [3.8, 4) is 5.75 Å². The molecule has 0 aromatic heterocycles. The van der Waals surface area contributed by atoms with Crippen molar-refractivity contribution in [1.82, 2.24) is 5.43 Å². The lowest BCUT2D eigenvalue weighted by atomic mass is 10.1. The predicted molar refractivity (Wildman–Crippen MR) is 111 cm³/mol. The summed E-state index contributed by atoms with van der Waals surface area (Å²) in [7, 11) is 0. The summed E-state index contributed by atoms with van der Waals surface area (Å²) in [5.74, 6) is 0.545. The molecule has 3 aromatic rings. The molecule has 3 aromatic carbocycles. The summed E-state index contributed by atoms with van der Waals surface area (Å²) in [4.78, 5) is 12.0. The van der Waals surface area contributed by atoms with Crippen molar-refractivity contribution < 1.29 is 9.53 Å². The van der Waals surface area contributed by atoms with Crippen LogP contribution in [0.1, 0.15) is 16.7 Å². The minimum absolute atomic E-state index is 0.170. The number of para-hydroxylation sites is 1. The van der Waals surface area contributed by atoms with Gasteiger partial charge in [0.05, 0.1) is 12.6 Å². The van der Waals surface area contributed by atoms with Crippen LogP contribution >= 0.6 is 15.9 Å². The molecular weight excluding hydrogens is 404 g/mol. The third-order valence-electron chi connectivity index (χ3n) is 3.83. The number of nitrogens with zero attached hydrogens (tertiary/aromatic N) is 1. The van der Waals surface area contributed by atoms with Gasteiger partial charge in [0.1, 0.15) is 12.4 Å². The zero-order chi connectivity index (χ0) is 18.9. The molecule has 0 bridgehead atoms. The van der Waals surface area contributed by atoms with Gasteiger partial charge in [-0.05, 0) is 35.4 Å². The fraction of sp³-hybridized carbons (Fsp3) is 0.0909. The average Bonchev–Trinajstić information content (AvgIpc) is 2.70. The molecule has 0 fully saturated rings. The van der Waals surface area contributed by atoms with E-state index in [0.717, 1.165) is 21.2 Å². The fourth-order valence-corrected chi connectivity index (χ4v) is 2.72. The highest BCUT2D eigenvalue weighted by atomic mass is 79.9. The summed E-state index contributed by atoms with van der Waals surface area (Å²) in [6.07, 6.45) is 1.87. The van der Waals surface area contributed by atoms with Gasteiger partial charge in [0.15, 0.2) is 0 Å². The number of hydrazone groups is 1. The number of benzene rings is 3. The molecule has 136 valence electrons. The van der Waals surface area contributed by atoms with Gasteiger partial charge in [-0.15, -0.1) is 0 Å². The van der Waals surface area contributed by atoms with Crippen molar-refractivity contribution >= 4 is 28.1 Å². The molecular formula is C22H19BrN2O2. The Morgan fingerprint density at radius 3 is 2.41 bits per heavy atom. The van der Waals surface area contributed by atoms with E-state index in [0.29, 0.717) is 12.4 Å². The maximum atomic E-state index is 12.0. The Hall–Kier alpha value is -2.92. The Morgan fingerprint density at radius 1 is 0.926 bits per heavy atom. The minimum Gasteiger partial charge on any atom is -0.488 e. The van der Waals surface area contributed by atoms with Crippen molar-refractivity contribution in [1.29, 1.82) is 0 Å². The van der Waals surface area contributed by atoms with Gasteiger partial charge in [0, 0.05) is 10.0 Å². The molecule has 1 N–H and O–H groups in total. The smallest absolute Gasteiger partial charge is 0.244 e. The van der Waals surface area contributed by atoms with Crippen LogP contribution in [0, 0.1) is 0 Å². The number of nitrogens with one attached hydrogen (secondary N) is 1. The molecule has 0 heterocycles.